The standard InChI is InChI=1S/C23H30BrN5O/c1-15-17(10-18-11-19(15)23(18,2)3)13-27-20-14-28-29(22(30)21(20)24)9-8-26-12-16-4-6-25-7-5-16/h4-7,13-15,17-19,26H,8-12H2,1-3H3/t15-,17?,18+,19+/m0/s1. The summed E-state index contributed by atoms with van der Waals surface area (Å²) in [7, 11) is 0. The van der Waals surface area contributed by atoms with E-state index in [0.29, 0.717) is 40.5 Å². The second-order valence-electron chi connectivity index (χ2n) is 9.30. The van der Waals surface area contributed by atoms with E-state index in [1.807, 2.05) is 12.1 Å². The zero-order valence-electron chi connectivity index (χ0n) is 17.9. The Labute approximate surface area is 186 Å². The highest BCUT2D eigenvalue weighted by atomic mass is 79.9. The quantitative estimate of drug-likeness (QED) is 0.484. The van der Waals surface area contributed by atoms with Gasteiger partial charge in [0.1, 0.15) is 10.2 Å². The van der Waals surface area contributed by atoms with Gasteiger partial charge >= 0.3 is 0 Å². The molecular weight excluding hydrogens is 442 g/mol. The van der Waals surface area contributed by atoms with Crippen LogP contribution in [-0.2, 0) is 13.1 Å². The predicted octanol–water partition coefficient (Wildman–Crippen LogP) is 4.21. The van der Waals surface area contributed by atoms with E-state index in [0.717, 1.165) is 23.9 Å². The Bertz CT molecular complexity index is 971. The summed E-state index contributed by atoms with van der Waals surface area (Å²) in [6.07, 6.45) is 9.84. The molecular formula is C23H30BrN5O. The zero-order chi connectivity index (χ0) is 21.3. The molecule has 2 heterocycles. The van der Waals surface area contributed by atoms with E-state index in [1.165, 1.54) is 17.5 Å². The Morgan fingerprint density at radius 3 is 2.80 bits per heavy atom. The summed E-state index contributed by atoms with van der Waals surface area (Å²) in [5, 5.41) is 7.65. The molecule has 3 fully saturated rings. The molecule has 3 aliphatic rings. The largest absolute Gasteiger partial charge is 0.311 e. The highest BCUT2D eigenvalue weighted by molar-refractivity contribution is 9.10. The third kappa shape index (κ3) is 4.14. The van der Waals surface area contributed by atoms with Crippen LogP contribution in [0.4, 0.5) is 5.69 Å². The molecule has 0 aliphatic heterocycles. The van der Waals surface area contributed by atoms with E-state index < -0.39 is 0 Å². The normalized spacial score (nSPS) is 27.2. The van der Waals surface area contributed by atoms with E-state index in [9.17, 15) is 4.79 Å². The molecule has 2 aromatic rings. The lowest BCUT2D eigenvalue weighted by molar-refractivity contribution is -0.113. The molecule has 0 aromatic carbocycles. The van der Waals surface area contributed by atoms with Crippen LogP contribution in [0.1, 0.15) is 39.2 Å². The van der Waals surface area contributed by atoms with Crippen molar-refractivity contribution < 1.29 is 0 Å². The molecule has 0 amide bonds. The number of fused-ring (bicyclic) bond motifs is 2. The molecule has 3 aliphatic carbocycles. The molecule has 1 N–H and O–H groups in total. The van der Waals surface area contributed by atoms with Gasteiger partial charge in [0.15, 0.2) is 0 Å². The Kier molecular flexibility index (Phi) is 6.21. The summed E-state index contributed by atoms with van der Waals surface area (Å²) >= 11 is 3.44. The number of nitrogens with one attached hydrogen (secondary N) is 1. The van der Waals surface area contributed by atoms with Crippen LogP contribution >= 0.6 is 15.9 Å². The van der Waals surface area contributed by atoms with Crippen LogP contribution in [0.15, 0.2) is 45.0 Å². The monoisotopic (exact) mass is 471 g/mol. The van der Waals surface area contributed by atoms with Gasteiger partial charge in [-0.25, -0.2) is 4.68 Å². The van der Waals surface area contributed by atoms with Crippen molar-refractivity contribution in [3.63, 3.8) is 0 Å². The second-order valence-corrected chi connectivity index (χ2v) is 10.1. The molecule has 0 radical (unpaired) electrons. The fraction of sp³-hybridized carbons (Fsp3) is 0.565. The van der Waals surface area contributed by atoms with E-state index in [2.05, 4.69) is 63.3 Å². The number of hydrogen-bond acceptors (Lipinski definition) is 5. The lowest BCUT2D eigenvalue weighted by Crippen LogP contribution is -2.55. The van der Waals surface area contributed by atoms with Gasteiger partial charge in [0, 0.05) is 31.7 Å². The minimum atomic E-state index is -0.143. The summed E-state index contributed by atoms with van der Waals surface area (Å²) in [6, 6.07) is 3.94. The van der Waals surface area contributed by atoms with Gasteiger partial charge in [-0.05, 0) is 75.6 Å². The highest BCUT2D eigenvalue weighted by Crippen LogP contribution is 2.62. The van der Waals surface area contributed by atoms with Crippen molar-refractivity contribution in [1.82, 2.24) is 20.1 Å². The van der Waals surface area contributed by atoms with Crippen LogP contribution in [0.2, 0.25) is 0 Å². The van der Waals surface area contributed by atoms with E-state index >= 15 is 0 Å². The number of nitrogens with zero attached hydrogens (tertiary/aromatic N) is 4. The topological polar surface area (TPSA) is 72.2 Å². The third-order valence-electron chi connectivity index (χ3n) is 7.36. The smallest absolute Gasteiger partial charge is 0.283 e. The number of pyridine rings is 1. The fourth-order valence-corrected chi connectivity index (χ4v) is 5.60. The van der Waals surface area contributed by atoms with Crippen LogP contribution in [0.5, 0.6) is 0 Å². The molecule has 2 aromatic heterocycles. The second kappa shape index (κ2) is 8.71. The average Bonchev–Trinajstić information content (AvgIpc) is 2.74. The SMILES string of the molecule is C[C@H]1C(C=Nc2cnn(CCNCc3ccncc3)c(=O)c2Br)C[C@@H]2C[C@H]1C2(C)C. The average molecular weight is 472 g/mol. The van der Waals surface area contributed by atoms with Gasteiger partial charge in [0.25, 0.3) is 5.56 Å². The van der Waals surface area contributed by atoms with E-state index in [-0.39, 0.29) is 5.56 Å². The van der Waals surface area contributed by atoms with Gasteiger partial charge in [0.2, 0.25) is 0 Å². The van der Waals surface area contributed by atoms with Crippen LogP contribution in [0, 0.1) is 29.1 Å². The summed E-state index contributed by atoms with van der Waals surface area (Å²) in [6.45, 7) is 9.05. The number of hydrogen-bond donors (Lipinski definition) is 1. The summed E-state index contributed by atoms with van der Waals surface area (Å²) in [5.41, 5.74) is 2.11. The summed E-state index contributed by atoms with van der Waals surface area (Å²) < 4.78 is 1.96. The maximum absolute atomic E-state index is 12.7. The summed E-state index contributed by atoms with van der Waals surface area (Å²) in [5.74, 6) is 2.69. The molecule has 0 spiro atoms. The Balaban J connectivity index is 1.35. The zero-order valence-corrected chi connectivity index (χ0v) is 19.5. The fourth-order valence-electron chi connectivity index (χ4n) is 5.19. The first kappa shape index (κ1) is 21.4. The lowest BCUT2D eigenvalue weighted by atomic mass is 9.43. The molecule has 1 unspecified atom stereocenters. The lowest BCUT2D eigenvalue weighted by Gasteiger charge is -2.61. The maximum atomic E-state index is 12.7. The van der Waals surface area contributed by atoms with Crippen molar-refractivity contribution in [2.24, 2.45) is 34.1 Å². The van der Waals surface area contributed by atoms with E-state index in [4.69, 9.17) is 0 Å². The van der Waals surface area contributed by atoms with Crippen LogP contribution in [0.25, 0.3) is 0 Å². The maximum Gasteiger partial charge on any atom is 0.283 e. The first-order chi connectivity index (χ1) is 14.4. The van der Waals surface area contributed by atoms with Gasteiger partial charge in [-0.3, -0.25) is 14.8 Å². The van der Waals surface area contributed by atoms with Gasteiger partial charge < -0.3 is 5.32 Å². The number of aliphatic imine (C=N–C) groups is 1. The molecule has 0 saturated heterocycles. The molecule has 2 bridgehead atoms. The Morgan fingerprint density at radius 2 is 2.10 bits per heavy atom. The van der Waals surface area contributed by atoms with Crippen molar-refractivity contribution >= 4 is 27.8 Å². The molecule has 7 heteroatoms. The van der Waals surface area contributed by atoms with Gasteiger partial charge in [-0.15, -0.1) is 0 Å². The third-order valence-corrected chi connectivity index (χ3v) is 8.11. The number of halogens is 1. The Hall–Kier alpha value is -1.86. The highest BCUT2D eigenvalue weighted by Gasteiger charge is 2.55. The van der Waals surface area contributed by atoms with Gasteiger partial charge in [-0.1, -0.05) is 20.8 Å². The predicted molar refractivity (Wildman–Crippen MR) is 123 cm³/mol. The number of aromatic nitrogens is 3. The molecule has 5 rings (SSSR count). The molecule has 6 nitrogen and oxygen atoms in total. The Morgan fingerprint density at radius 1 is 1.33 bits per heavy atom. The van der Waals surface area contributed by atoms with Gasteiger partial charge in [0.05, 0.1) is 12.7 Å². The molecule has 30 heavy (non-hydrogen) atoms. The van der Waals surface area contributed by atoms with Gasteiger partial charge in [-0.2, -0.15) is 5.10 Å². The minimum absolute atomic E-state index is 0.143. The molecule has 160 valence electrons. The van der Waals surface area contributed by atoms with Crippen LogP contribution < -0.4 is 10.9 Å². The van der Waals surface area contributed by atoms with Crippen LogP contribution in [-0.4, -0.2) is 27.5 Å². The molecule has 3 saturated carbocycles. The van der Waals surface area contributed by atoms with Crippen LogP contribution in [0.3, 0.4) is 0 Å². The minimum Gasteiger partial charge on any atom is -0.311 e. The van der Waals surface area contributed by atoms with Crippen molar-refractivity contribution in [2.45, 2.75) is 46.7 Å². The van der Waals surface area contributed by atoms with E-state index in [1.54, 1.807) is 18.6 Å². The molecule has 4 atom stereocenters. The summed E-state index contributed by atoms with van der Waals surface area (Å²) in [4.78, 5) is 21.3. The first-order valence-corrected chi connectivity index (χ1v) is 11.6. The van der Waals surface area contributed by atoms with Crippen molar-refractivity contribution in [3.8, 4) is 0 Å². The van der Waals surface area contributed by atoms with Crippen molar-refractivity contribution in [3.05, 3.63) is 51.1 Å². The number of rotatable bonds is 7. The van der Waals surface area contributed by atoms with Crippen molar-refractivity contribution in [2.75, 3.05) is 6.54 Å². The van der Waals surface area contributed by atoms with Crippen molar-refractivity contribution in [1.29, 1.82) is 0 Å². The first-order valence-electron chi connectivity index (χ1n) is 10.8.